The van der Waals surface area contributed by atoms with E-state index in [1.54, 1.807) is 0 Å². The van der Waals surface area contributed by atoms with Crippen molar-refractivity contribution >= 4 is 36.5 Å². The minimum absolute atomic E-state index is 0. The number of pyridine rings is 1. The summed E-state index contributed by atoms with van der Waals surface area (Å²) in [5, 5.41) is 2.88. The van der Waals surface area contributed by atoms with Crippen LogP contribution in [0.3, 0.4) is 0 Å². The molecule has 22 heavy (non-hydrogen) atoms. The molecule has 0 spiro atoms. The van der Waals surface area contributed by atoms with Gasteiger partial charge in [0.05, 0.1) is 0 Å². The number of nitrogens with two attached hydrogens (primary N) is 1. The van der Waals surface area contributed by atoms with Crippen molar-refractivity contribution in [2.45, 2.75) is 46.2 Å². The molecule has 0 saturated heterocycles. The standard InChI is InChI=1S/C15H26N4O.2ClH/c1-4-19(5-2)14-8-7-13(10-17-14)11-18-15(20)9-6-12(3)16;;/h7-8,10,12H,4-6,9,11,16H2,1-3H3,(H,18,20);2*1H. The van der Waals surface area contributed by atoms with E-state index in [9.17, 15) is 4.79 Å². The fourth-order valence-electron chi connectivity index (χ4n) is 1.90. The number of nitrogens with one attached hydrogen (secondary N) is 1. The largest absolute Gasteiger partial charge is 0.357 e. The Morgan fingerprint density at radius 1 is 1.32 bits per heavy atom. The molecule has 128 valence electrons. The summed E-state index contributed by atoms with van der Waals surface area (Å²) < 4.78 is 0. The zero-order valence-electron chi connectivity index (χ0n) is 13.5. The third-order valence-corrected chi connectivity index (χ3v) is 3.21. The summed E-state index contributed by atoms with van der Waals surface area (Å²) in [6.07, 6.45) is 3.01. The second kappa shape index (κ2) is 12.5. The lowest BCUT2D eigenvalue weighted by atomic mass is 10.2. The van der Waals surface area contributed by atoms with Crippen LogP contribution < -0.4 is 16.0 Å². The molecule has 0 fully saturated rings. The fraction of sp³-hybridized carbons (Fsp3) is 0.600. The van der Waals surface area contributed by atoms with Gasteiger partial charge in [-0.25, -0.2) is 4.98 Å². The Morgan fingerprint density at radius 2 is 1.95 bits per heavy atom. The predicted octanol–water partition coefficient (Wildman–Crippen LogP) is 2.52. The summed E-state index contributed by atoms with van der Waals surface area (Å²) in [4.78, 5) is 18.2. The van der Waals surface area contributed by atoms with Gasteiger partial charge in [-0.05, 0) is 38.8 Å². The molecule has 5 nitrogen and oxygen atoms in total. The van der Waals surface area contributed by atoms with Gasteiger partial charge >= 0.3 is 0 Å². The van der Waals surface area contributed by atoms with Crippen molar-refractivity contribution in [1.82, 2.24) is 10.3 Å². The molecule has 0 saturated carbocycles. The van der Waals surface area contributed by atoms with Gasteiger partial charge in [-0.1, -0.05) is 6.07 Å². The van der Waals surface area contributed by atoms with E-state index in [1.807, 2.05) is 25.3 Å². The molecule has 1 unspecified atom stereocenters. The Morgan fingerprint density at radius 3 is 2.41 bits per heavy atom. The number of anilines is 1. The molecule has 1 aromatic heterocycles. The molecule has 1 amide bonds. The monoisotopic (exact) mass is 350 g/mol. The first kappa shape index (κ1) is 23.2. The van der Waals surface area contributed by atoms with E-state index in [1.165, 1.54) is 0 Å². The molecule has 0 aliphatic heterocycles. The number of rotatable bonds is 8. The molecule has 0 aromatic carbocycles. The van der Waals surface area contributed by atoms with Crippen molar-refractivity contribution in [3.05, 3.63) is 23.9 Å². The number of carbonyl (C=O) groups is 1. The Bertz CT molecular complexity index is 409. The summed E-state index contributed by atoms with van der Waals surface area (Å²) in [5.74, 6) is 1.01. The number of aromatic nitrogens is 1. The highest BCUT2D eigenvalue weighted by Gasteiger charge is 2.05. The van der Waals surface area contributed by atoms with Crippen LogP contribution in [-0.2, 0) is 11.3 Å². The van der Waals surface area contributed by atoms with Gasteiger partial charge in [-0.15, -0.1) is 24.8 Å². The normalized spacial score (nSPS) is 10.9. The lowest BCUT2D eigenvalue weighted by Crippen LogP contribution is -2.26. The smallest absolute Gasteiger partial charge is 0.220 e. The lowest BCUT2D eigenvalue weighted by Gasteiger charge is -2.19. The highest BCUT2D eigenvalue weighted by Crippen LogP contribution is 2.10. The molecule has 0 aliphatic carbocycles. The van der Waals surface area contributed by atoms with Crippen molar-refractivity contribution in [1.29, 1.82) is 0 Å². The van der Waals surface area contributed by atoms with Crippen LogP contribution in [0.25, 0.3) is 0 Å². The molecule has 7 heteroatoms. The molecule has 0 aliphatic rings. The molecule has 0 radical (unpaired) electrons. The number of halogens is 2. The maximum atomic E-state index is 11.6. The van der Waals surface area contributed by atoms with Gasteiger partial charge in [0.1, 0.15) is 5.82 Å². The number of carbonyl (C=O) groups excluding carboxylic acids is 1. The van der Waals surface area contributed by atoms with E-state index in [2.05, 4.69) is 29.0 Å². The predicted molar refractivity (Wildman–Crippen MR) is 97.0 cm³/mol. The minimum atomic E-state index is 0. The molecule has 1 rings (SSSR count). The van der Waals surface area contributed by atoms with Crippen LogP contribution in [0.2, 0.25) is 0 Å². The molecule has 1 atom stereocenters. The number of nitrogens with zero attached hydrogens (tertiary/aromatic N) is 2. The summed E-state index contributed by atoms with van der Waals surface area (Å²) in [7, 11) is 0. The number of amides is 1. The lowest BCUT2D eigenvalue weighted by molar-refractivity contribution is -0.121. The van der Waals surface area contributed by atoms with Gasteiger partial charge in [0, 0.05) is 38.3 Å². The molecular weight excluding hydrogens is 323 g/mol. The average Bonchev–Trinajstić information content (AvgIpc) is 2.45. The third kappa shape index (κ3) is 8.41. The minimum Gasteiger partial charge on any atom is -0.357 e. The molecule has 1 aromatic rings. The van der Waals surface area contributed by atoms with Crippen molar-refractivity contribution in [3.63, 3.8) is 0 Å². The first-order valence-electron chi connectivity index (χ1n) is 7.29. The van der Waals surface area contributed by atoms with Crippen LogP contribution in [-0.4, -0.2) is 30.0 Å². The van der Waals surface area contributed by atoms with Crippen LogP contribution in [0, 0.1) is 0 Å². The maximum Gasteiger partial charge on any atom is 0.220 e. The van der Waals surface area contributed by atoms with Gasteiger partial charge < -0.3 is 16.0 Å². The maximum absolute atomic E-state index is 11.6. The first-order chi connectivity index (χ1) is 9.56. The Hall–Kier alpha value is -1.04. The van der Waals surface area contributed by atoms with E-state index in [0.29, 0.717) is 19.4 Å². The van der Waals surface area contributed by atoms with Crippen LogP contribution in [0.15, 0.2) is 18.3 Å². The highest BCUT2D eigenvalue weighted by molar-refractivity contribution is 5.85. The van der Waals surface area contributed by atoms with Gasteiger partial charge in [-0.2, -0.15) is 0 Å². The van der Waals surface area contributed by atoms with Gasteiger partial charge in [0.25, 0.3) is 0 Å². The molecule has 3 N–H and O–H groups in total. The summed E-state index contributed by atoms with van der Waals surface area (Å²) in [6, 6.07) is 4.07. The van der Waals surface area contributed by atoms with Crippen molar-refractivity contribution in [2.24, 2.45) is 5.73 Å². The van der Waals surface area contributed by atoms with Gasteiger partial charge in [0.15, 0.2) is 0 Å². The van der Waals surface area contributed by atoms with Crippen LogP contribution in [0.5, 0.6) is 0 Å². The highest BCUT2D eigenvalue weighted by atomic mass is 35.5. The van der Waals surface area contributed by atoms with Crippen LogP contribution in [0.1, 0.15) is 39.2 Å². The van der Waals surface area contributed by atoms with E-state index < -0.39 is 0 Å². The van der Waals surface area contributed by atoms with Gasteiger partial charge in [-0.3, -0.25) is 4.79 Å². The molecule has 0 bridgehead atoms. The average molecular weight is 351 g/mol. The number of hydrogen-bond acceptors (Lipinski definition) is 4. The van der Waals surface area contributed by atoms with Crippen LogP contribution in [0.4, 0.5) is 5.82 Å². The van der Waals surface area contributed by atoms with Gasteiger partial charge in [0.2, 0.25) is 5.91 Å². The summed E-state index contributed by atoms with van der Waals surface area (Å²) in [5.41, 5.74) is 6.63. The van der Waals surface area contributed by atoms with Crippen molar-refractivity contribution < 1.29 is 4.79 Å². The topological polar surface area (TPSA) is 71.2 Å². The Labute approximate surface area is 145 Å². The van der Waals surface area contributed by atoms with Crippen molar-refractivity contribution in [2.75, 3.05) is 18.0 Å². The molecular formula is C15H28Cl2N4O. The van der Waals surface area contributed by atoms with E-state index in [-0.39, 0.29) is 36.8 Å². The first-order valence-corrected chi connectivity index (χ1v) is 7.29. The Balaban J connectivity index is 0. The zero-order chi connectivity index (χ0) is 15.0. The zero-order valence-corrected chi connectivity index (χ0v) is 15.2. The van der Waals surface area contributed by atoms with E-state index in [0.717, 1.165) is 24.5 Å². The molecule has 1 heterocycles. The summed E-state index contributed by atoms with van der Waals surface area (Å²) in [6.45, 7) is 8.52. The second-order valence-electron chi connectivity index (χ2n) is 4.99. The summed E-state index contributed by atoms with van der Waals surface area (Å²) >= 11 is 0. The van der Waals surface area contributed by atoms with E-state index in [4.69, 9.17) is 5.73 Å². The second-order valence-corrected chi connectivity index (χ2v) is 4.99. The quantitative estimate of drug-likeness (QED) is 0.755. The third-order valence-electron chi connectivity index (χ3n) is 3.21. The SMILES string of the molecule is CCN(CC)c1ccc(CNC(=O)CCC(C)N)cn1.Cl.Cl. The van der Waals surface area contributed by atoms with E-state index >= 15 is 0 Å². The fourth-order valence-corrected chi connectivity index (χ4v) is 1.90. The van der Waals surface area contributed by atoms with Crippen LogP contribution >= 0.6 is 24.8 Å². The number of hydrogen-bond donors (Lipinski definition) is 2. The Kier molecular flexibility index (Phi) is 13.2. The van der Waals surface area contributed by atoms with Crippen molar-refractivity contribution in [3.8, 4) is 0 Å².